The normalized spacial score (nSPS) is 15.0. The predicted octanol–water partition coefficient (Wildman–Crippen LogP) is 1.44. The molecule has 3 aromatic rings. The smallest absolute Gasteiger partial charge is 0.382 e. The fraction of sp³-hybridized carbons (Fsp3) is 0.406. The molecule has 1 unspecified atom stereocenters. The lowest BCUT2D eigenvalue weighted by Gasteiger charge is -2.29. The van der Waals surface area contributed by atoms with E-state index in [1.165, 1.54) is 20.4 Å². The Hall–Kier alpha value is -4.06. The number of ketones is 1. The highest BCUT2D eigenvalue weighted by Crippen LogP contribution is 2.21. The van der Waals surface area contributed by atoms with Crippen LogP contribution in [0.5, 0.6) is 0 Å². The first kappa shape index (κ1) is 38.4. The molecule has 0 saturated carbocycles. The third-order valence-electron chi connectivity index (χ3n) is 7.03. The van der Waals surface area contributed by atoms with E-state index in [-0.39, 0.29) is 19.6 Å². The van der Waals surface area contributed by atoms with Crippen LogP contribution in [0.2, 0.25) is 0 Å². The molecule has 0 bridgehead atoms. The van der Waals surface area contributed by atoms with Crippen molar-refractivity contribution in [3.63, 3.8) is 0 Å². The molecule has 2 aromatic carbocycles. The summed E-state index contributed by atoms with van der Waals surface area (Å²) in [5.74, 6) is -2.99. The summed E-state index contributed by atoms with van der Waals surface area (Å²) < 4.78 is 40.6. The van der Waals surface area contributed by atoms with E-state index in [0.717, 1.165) is 6.92 Å². The highest BCUT2D eigenvalue weighted by Gasteiger charge is 2.40. The number of thiazole rings is 1. The first-order valence-corrected chi connectivity index (χ1v) is 17.7. The maximum absolute atomic E-state index is 13.7. The second kappa shape index (κ2) is 17.9. The number of hydrogen-bond donors (Lipinski definition) is 4. The van der Waals surface area contributed by atoms with E-state index < -0.39 is 79.5 Å². The molecule has 5 atom stereocenters. The molecule has 1 aromatic heterocycles. The summed E-state index contributed by atoms with van der Waals surface area (Å²) in [5.41, 5.74) is -1.27. The number of ether oxygens (including phenoxy) is 2. The second-order valence-corrected chi connectivity index (χ2v) is 14.6. The summed E-state index contributed by atoms with van der Waals surface area (Å²) in [6.07, 6.45) is 1.42. The number of aryl methyl sites for hydroxylation is 1. The van der Waals surface area contributed by atoms with E-state index in [4.69, 9.17) is 13.7 Å². The van der Waals surface area contributed by atoms with Gasteiger partial charge >= 0.3 is 5.24 Å². The van der Waals surface area contributed by atoms with Gasteiger partial charge in [-0.05, 0) is 24.5 Å². The molecule has 0 saturated heterocycles. The number of amides is 3. The van der Waals surface area contributed by atoms with E-state index in [2.05, 4.69) is 20.9 Å². The van der Waals surface area contributed by atoms with E-state index in [0.29, 0.717) is 16.1 Å². The van der Waals surface area contributed by atoms with Crippen LogP contribution in [-0.2, 0) is 50.3 Å². The minimum atomic E-state index is -4.19. The predicted molar refractivity (Wildman–Crippen MR) is 178 cm³/mol. The van der Waals surface area contributed by atoms with Crippen molar-refractivity contribution < 1.29 is 46.4 Å². The summed E-state index contributed by atoms with van der Waals surface area (Å²) in [7, 11) is -2.51. The van der Waals surface area contributed by atoms with Gasteiger partial charge in [-0.25, -0.2) is 9.78 Å². The Bertz CT molecular complexity index is 1630. The molecular weight excluding hydrogens is 665 g/mol. The first-order chi connectivity index (χ1) is 22.8. The zero-order valence-corrected chi connectivity index (χ0v) is 28.7. The maximum atomic E-state index is 13.7. The lowest BCUT2D eigenvalue weighted by molar-refractivity contribution is -0.143. The quantitative estimate of drug-likeness (QED) is 0.104. The fourth-order valence-electron chi connectivity index (χ4n) is 4.53. The number of nitrogens with one attached hydrogen (secondary N) is 3. The van der Waals surface area contributed by atoms with Crippen molar-refractivity contribution >= 4 is 43.4 Å². The minimum Gasteiger partial charge on any atom is -0.382 e. The summed E-state index contributed by atoms with van der Waals surface area (Å²) in [6.45, 7) is 1.36. The number of Topliss-reactive ketones (excluding diaryl/α,β-unsaturated/α-hetero) is 1. The molecule has 0 radical (unpaired) electrons. The Kier molecular flexibility index (Phi) is 14.3. The molecule has 0 aliphatic carbocycles. The molecule has 14 nitrogen and oxygen atoms in total. The topological polar surface area (TPSA) is 199 Å². The summed E-state index contributed by atoms with van der Waals surface area (Å²) in [5, 5.41) is 20.6. The van der Waals surface area contributed by atoms with Crippen LogP contribution in [0.3, 0.4) is 0 Å². The lowest BCUT2D eigenvalue weighted by Crippen LogP contribution is -2.60. The number of aliphatic hydroxyl groups is 1. The SMILES string of the molecule is COC[C@H](NC(=O)[C@H](COC)NC(=O)[s+]1ccnc1C)C(=O)N[C@@H](Cc1ccccc1)C(=O)[C@](C)(O)COS(=O)(=O)Cc1ccccc1. The van der Waals surface area contributed by atoms with Crippen molar-refractivity contribution in [2.45, 2.75) is 49.7 Å². The molecule has 0 aliphatic heterocycles. The summed E-state index contributed by atoms with van der Waals surface area (Å²) in [6, 6.07) is 13.0. The maximum Gasteiger partial charge on any atom is 0.458 e. The Morgan fingerprint density at radius 2 is 1.38 bits per heavy atom. The molecule has 260 valence electrons. The van der Waals surface area contributed by atoms with Gasteiger partial charge in [-0.1, -0.05) is 60.7 Å². The van der Waals surface area contributed by atoms with E-state index in [9.17, 15) is 32.7 Å². The fourth-order valence-corrected chi connectivity index (χ4v) is 6.84. The van der Waals surface area contributed by atoms with Gasteiger partial charge in [0.1, 0.15) is 30.0 Å². The molecule has 0 spiro atoms. The highest BCUT2D eigenvalue weighted by molar-refractivity contribution is 7.85. The van der Waals surface area contributed by atoms with Gasteiger partial charge < -0.3 is 25.2 Å². The zero-order chi connectivity index (χ0) is 35.3. The third-order valence-corrected chi connectivity index (χ3v) is 9.85. The number of carbonyl (C=O) groups is 4. The van der Waals surface area contributed by atoms with Crippen molar-refractivity contribution in [1.82, 2.24) is 20.9 Å². The van der Waals surface area contributed by atoms with Crippen LogP contribution in [0.15, 0.2) is 72.2 Å². The van der Waals surface area contributed by atoms with Crippen LogP contribution >= 0.6 is 10.5 Å². The third kappa shape index (κ3) is 11.6. The van der Waals surface area contributed by atoms with Gasteiger partial charge in [0, 0.05) is 21.1 Å². The minimum absolute atomic E-state index is 0.0783. The van der Waals surface area contributed by atoms with Gasteiger partial charge in [-0.3, -0.25) is 23.9 Å². The number of nitrogens with zero attached hydrogens (tertiary/aromatic N) is 1. The van der Waals surface area contributed by atoms with Crippen molar-refractivity contribution in [2.75, 3.05) is 34.0 Å². The number of carbonyl (C=O) groups excluding carboxylic acids is 4. The van der Waals surface area contributed by atoms with Crippen molar-refractivity contribution in [1.29, 1.82) is 0 Å². The summed E-state index contributed by atoms with van der Waals surface area (Å²) in [4.78, 5) is 57.4. The number of rotatable bonds is 19. The van der Waals surface area contributed by atoms with Gasteiger partial charge in [0.05, 0.1) is 35.9 Å². The van der Waals surface area contributed by atoms with Crippen LogP contribution in [-0.4, -0.2) is 99.1 Å². The van der Waals surface area contributed by atoms with Crippen LogP contribution in [0.25, 0.3) is 0 Å². The number of benzene rings is 2. The Morgan fingerprint density at radius 3 is 1.90 bits per heavy atom. The molecule has 48 heavy (non-hydrogen) atoms. The highest BCUT2D eigenvalue weighted by atomic mass is 32.2. The van der Waals surface area contributed by atoms with Crippen LogP contribution in [0.1, 0.15) is 23.1 Å². The van der Waals surface area contributed by atoms with Gasteiger partial charge in [0.25, 0.3) is 10.1 Å². The Morgan fingerprint density at radius 1 is 0.854 bits per heavy atom. The van der Waals surface area contributed by atoms with Crippen molar-refractivity contribution in [2.24, 2.45) is 0 Å². The molecule has 0 fully saturated rings. The number of methoxy groups -OCH3 is 2. The van der Waals surface area contributed by atoms with Crippen LogP contribution in [0, 0.1) is 6.92 Å². The van der Waals surface area contributed by atoms with Crippen LogP contribution in [0.4, 0.5) is 4.79 Å². The Labute approximate surface area is 282 Å². The van der Waals surface area contributed by atoms with E-state index in [1.807, 2.05) is 0 Å². The van der Waals surface area contributed by atoms with Crippen molar-refractivity contribution in [3.05, 3.63) is 88.4 Å². The average molecular weight is 706 g/mol. The van der Waals surface area contributed by atoms with Crippen molar-refractivity contribution in [3.8, 4) is 0 Å². The van der Waals surface area contributed by atoms with E-state index >= 15 is 0 Å². The van der Waals surface area contributed by atoms with E-state index in [1.54, 1.807) is 73.0 Å². The van der Waals surface area contributed by atoms with Gasteiger partial charge in [-0.2, -0.15) is 8.42 Å². The molecule has 1 heterocycles. The van der Waals surface area contributed by atoms with Crippen LogP contribution < -0.4 is 16.0 Å². The van der Waals surface area contributed by atoms with Gasteiger partial charge in [0.2, 0.25) is 16.8 Å². The molecular formula is C32H41N4O10S2+. The number of hydrogen-bond acceptors (Lipinski definition) is 11. The van der Waals surface area contributed by atoms with Gasteiger partial charge in [-0.15, -0.1) is 0 Å². The van der Waals surface area contributed by atoms with Gasteiger partial charge in [0.15, 0.2) is 11.2 Å². The molecule has 0 aliphatic rings. The number of aromatic nitrogens is 1. The lowest BCUT2D eigenvalue weighted by atomic mass is 9.91. The largest absolute Gasteiger partial charge is 0.458 e. The zero-order valence-electron chi connectivity index (χ0n) is 27.1. The standard InChI is InChI=1S/C32H40N4O10S2/c1-22-33-15-16-47(22)31(40)36-27(19-45-4)30(39)35-26(18-44-3)29(38)34-25(17-23-11-7-5-8-12-23)28(37)32(2,41)21-46-48(42,43)20-24-13-9-6-10-14-24/h5-16,25-27,41H,17-21H2,1-4H3,(H2-,34,35,36,38,39,40)/p+1/t25-,26-,27-,32+,47?/m0/s1. The Balaban J connectivity index is 1.76. The molecule has 4 N–H and O–H groups in total. The summed E-state index contributed by atoms with van der Waals surface area (Å²) >= 11 is 0. The second-order valence-electron chi connectivity index (χ2n) is 11.1. The molecule has 3 amide bonds. The molecule has 3 rings (SSSR count). The molecule has 16 heteroatoms. The monoisotopic (exact) mass is 705 g/mol. The average Bonchev–Trinajstić information content (AvgIpc) is 3.49. The first-order valence-electron chi connectivity index (χ1n) is 14.8.